The molecule has 2 rings (SSSR count). The summed E-state index contributed by atoms with van der Waals surface area (Å²) in [5.74, 6) is -0.241. The van der Waals surface area contributed by atoms with Crippen molar-refractivity contribution in [2.24, 2.45) is 5.73 Å². The highest BCUT2D eigenvalue weighted by molar-refractivity contribution is 9.10. The molecule has 2 aromatic rings. The zero-order chi connectivity index (χ0) is 13.1. The minimum Gasteiger partial charge on any atom is -0.324 e. The fourth-order valence-electron chi connectivity index (χ4n) is 1.86. The third-order valence-corrected chi connectivity index (χ3v) is 3.70. The highest BCUT2D eigenvalue weighted by Crippen LogP contribution is 2.23. The van der Waals surface area contributed by atoms with Crippen LogP contribution < -0.4 is 5.73 Å². The molecular weight excluding hydrogens is 293 g/mol. The van der Waals surface area contributed by atoms with Gasteiger partial charge in [0.05, 0.1) is 0 Å². The van der Waals surface area contributed by atoms with E-state index in [0.717, 1.165) is 15.6 Å². The van der Waals surface area contributed by atoms with Gasteiger partial charge in [0.2, 0.25) is 0 Å². The SMILES string of the molecule is Cc1ccc(C(N)Cc2ccc(F)cc2Br)cc1. The van der Waals surface area contributed by atoms with Gasteiger partial charge in [-0.3, -0.25) is 0 Å². The smallest absolute Gasteiger partial charge is 0.124 e. The number of nitrogens with two attached hydrogens (primary N) is 1. The first-order chi connectivity index (χ1) is 8.56. The lowest BCUT2D eigenvalue weighted by molar-refractivity contribution is 0.624. The Morgan fingerprint density at radius 2 is 1.83 bits per heavy atom. The number of benzene rings is 2. The van der Waals surface area contributed by atoms with Gasteiger partial charge in [-0.05, 0) is 36.6 Å². The van der Waals surface area contributed by atoms with Crippen LogP contribution in [-0.2, 0) is 6.42 Å². The van der Waals surface area contributed by atoms with Gasteiger partial charge < -0.3 is 5.73 Å². The second kappa shape index (κ2) is 5.63. The minimum absolute atomic E-state index is 0.0765. The average molecular weight is 308 g/mol. The van der Waals surface area contributed by atoms with Gasteiger partial charge in [-0.2, -0.15) is 0 Å². The maximum absolute atomic E-state index is 13.0. The van der Waals surface area contributed by atoms with Crippen molar-refractivity contribution in [2.75, 3.05) is 0 Å². The summed E-state index contributed by atoms with van der Waals surface area (Å²) in [6.45, 7) is 2.05. The predicted molar refractivity (Wildman–Crippen MR) is 75.9 cm³/mol. The highest BCUT2D eigenvalue weighted by Gasteiger charge is 2.09. The van der Waals surface area contributed by atoms with E-state index in [9.17, 15) is 4.39 Å². The normalized spacial score (nSPS) is 12.4. The first-order valence-corrected chi connectivity index (χ1v) is 6.61. The summed E-state index contributed by atoms with van der Waals surface area (Å²) in [4.78, 5) is 0. The van der Waals surface area contributed by atoms with Crippen LogP contribution in [0.3, 0.4) is 0 Å². The van der Waals surface area contributed by atoms with Crippen molar-refractivity contribution in [3.8, 4) is 0 Å². The topological polar surface area (TPSA) is 26.0 Å². The number of rotatable bonds is 3. The zero-order valence-electron chi connectivity index (χ0n) is 10.2. The number of hydrogen-bond donors (Lipinski definition) is 1. The quantitative estimate of drug-likeness (QED) is 0.906. The Balaban J connectivity index is 2.15. The van der Waals surface area contributed by atoms with Crippen LogP contribution in [0.5, 0.6) is 0 Å². The van der Waals surface area contributed by atoms with Gasteiger partial charge in [0.15, 0.2) is 0 Å². The summed E-state index contributed by atoms with van der Waals surface area (Å²) in [5.41, 5.74) is 9.50. The van der Waals surface area contributed by atoms with Gasteiger partial charge in [-0.25, -0.2) is 4.39 Å². The molecule has 0 saturated heterocycles. The lowest BCUT2D eigenvalue weighted by atomic mass is 9.99. The van der Waals surface area contributed by atoms with Crippen LogP contribution in [-0.4, -0.2) is 0 Å². The van der Waals surface area contributed by atoms with E-state index in [1.165, 1.54) is 17.7 Å². The van der Waals surface area contributed by atoms with E-state index in [1.54, 1.807) is 6.07 Å². The fraction of sp³-hybridized carbons (Fsp3) is 0.200. The van der Waals surface area contributed by atoms with E-state index in [2.05, 4.69) is 28.1 Å². The summed E-state index contributed by atoms with van der Waals surface area (Å²) in [6, 6.07) is 12.8. The summed E-state index contributed by atoms with van der Waals surface area (Å²) in [7, 11) is 0. The van der Waals surface area contributed by atoms with Gasteiger partial charge in [-0.15, -0.1) is 0 Å². The van der Waals surface area contributed by atoms with Crippen molar-refractivity contribution in [3.63, 3.8) is 0 Å². The third kappa shape index (κ3) is 3.18. The Morgan fingerprint density at radius 1 is 1.17 bits per heavy atom. The minimum atomic E-state index is -0.241. The fourth-order valence-corrected chi connectivity index (χ4v) is 2.37. The molecule has 0 spiro atoms. The predicted octanol–water partition coefficient (Wildman–Crippen LogP) is 4.14. The molecule has 1 atom stereocenters. The molecule has 1 nitrogen and oxygen atoms in total. The first kappa shape index (κ1) is 13.2. The molecule has 94 valence electrons. The molecule has 0 heterocycles. The lowest BCUT2D eigenvalue weighted by Crippen LogP contribution is -2.13. The maximum atomic E-state index is 13.0. The van der Waals surface area contributed by atoms with Gasteiger partial charge in [0, 0.05) is 10.5 Å². The number of aryl methyl sites for hydroxylation is 1. The highest BCUT2D eigenvalue weighted by atomic mass is 79.9. The van der Waals surface area contributed by atoms with E-state index in [0.29, 0.717) is 6.42 Å². The molecule has 0 saturated carbocycles. The molecule has 2 N–H and O–H groups in total. The lowest BCUT2D eigenvalue weighted by Gasteiger charge is -2.13. The van der Waals surface area contributed by atoms with Gasteiger partial charge >= 0.3 is 0 Å². The van der Waals surface area contributed by atoms with E-state index in [4.69, 9.17) is 5.73 Å². The number of hydrogen-bond acceptors (Lipinski definition) is 1. The molecular formula is C15H15BrFN. The van der Waals surface area contributed by atoms with E-state index >= 15 is 0 Å². The van der Waals surface area contributed by atoms with Crippen molar-refractivity contribution in [1.82, 2.24) is 0 Å². The first-order valence-electron chi connectivity index (χ1n) is 5.82. The van der Waals surface area contributed by atoms with Crippen molar-refractivity contribution in [2.45, 2.75) is 19.4 Å². The molecule has 0 fully saturated rings. The number of halogens is 2. The van der Waals surface area contributed by atoms with Crippen molar-refractivity contribution < 1.29 is 4.39 Å². The maximum Gasteiger partial charge on any atom is 0.124 e. The Bertz CT molecular complexity index is 537. The molecule has 0 aliphatic rings. The van der Waals surface area contributed by atoms with Crippen LogP contribution in [0.15, 0.2) is 46.9 Å². The molecule has 0 amide bonds. The van der Waals surface area contributed by atoms with Gasteiger partial charge in [0.25, 0.3) is 0 Å². The monoisotopic (exact) mass is 307 g/mol. The summed E-state index contributed by atoms with van der Waals surface area (Å²) < 4.78 is 13.8. The molecule has 0 aliphatic heterocycles. The van der Waals surface area contributed by atoms with Crippen LogP contribution in [0.1, 0.15) is 22.7 Å². The van der Waals surface area contributed by atoms with E-state index in [-0.39, 0.29) is 11.9 Å². The second-order valence-corrected chi connectivity index (χ2v) is 5.31. The summed E-state index contributed by atoms with van der Waals surface area (Å²) in [6.07, 6.45) is 0.684. The molecule has 3 heteroatoms. The van der Waals surface area contributed by atoms with Crippen LogP contribution in [0.2, 0.25) is 0 Å². The molecule has 0 aromatic heterocycles. The second-order valence-electron chi connectivity index (χ2n) is 4.46. The van der Waals surface area contributed by atoms with Crippen LogP contribution in [0.4, 0.5) is 4.39 Å². The Kier molecular flexibility index (Phi) is 4.15. The zero-order valence-corrected chi connectivity index (χ0v) is 11.7. The molecule has 18 heavy (non-hydrogen) atoms. The Labute approximate surface area is 115 Å². The average Bonchev–Trinajstić information content (AvgIpc) is 2.33. The largest absolute Gasteiger partial charge is 0.324 e. The molecule has 2 aromatic carbocycles. The van der Waals surface area contributed by atoms with Crippen LogP contribution >= 0.6 is 15.9 Å². The summed E-state index contributed by atoms with van der Waals surface area (Å²) in [5, 5.41) is 0. The van der Waals surface area contributed by atoms with E-state index in [1.807, 2.05) is 19.1 Å². The van der Waals surface area contributed by atoms with E-state index < -0.39 is 0 Å². The van der Waals surface area contributed by atoms with Gasteiger partial charge in [-0.1, -0.05) is 51.8 Å². The Hall–Kier alpha value is -1.19. The third-order valence-electron chi connectivity index (χ3n) is 2.96. The standard InChI is InChI=1S/C15H15BrFN/c1-10-2-4-11(5-3-10)15(18)8-12-6-7-13(17)9-14(12)16/h2-7,9,15H,8,18H2,1H3. The molecule has 0 bridgehead atoms. The van der Waals surface area contributed by atoms with Crippen molar-refractivity contribution >= 4 is 15.9 Å². The molecule has 0 radical (unpaired) electrons. The summed E-state index contributed by atoms with van der Waals surface area (Å²) >= 11 is 3.36. The van der Waals surface area contributed by atoms with Crippen LogP contribution in [0.25, 0.3) is 0 Å². The van der Waals surface area contributed by atoms with Crippen molar-refractivity contribution in [1.29, 1.82) is 0 Å². The van der Waals surface area contributed by atoms with Crippen LogP contribution in [0, 0.1) is 12.7 Å². The Morgan fingerprint density at radius 3 is 2.44 bits per heavy atom. The van der Waals surface area contributed by atoms with Crippen molar-refractivity contribution in [3.05, 3.63) is 69.4 Å². The molecule has 1 unspecified atom stereocenters. The van der Waals surface area contributed by atoms with Gasteiger partial charge in [0.1, 0.15) is 5.82 Å². The molecule has 0 aliphatic carbocycles.